The Morgan fingerprint density at radius 1 is 1.88 bits per heavy atom. The van der Waals surface area contributed by atoms with Gasteiger partial charge in [-0.3, -0.25) is 4.79 Å². The number of halogens is 1. The molecular weight excluding hydrogens is 170 g/mol. The van der Waals surface area contributed by atoms with Crippen LogP contribution in [0.15, 0.2) is 0 Å². The Hall–Kier alpha value is -0.0500. The minimum absolute atomic E-state index is 0.191. The largest absolute Gasteiger partial charge is 0.353 e. The number of amides is 1. The molecule has 1 N–H and O–H groups in total. The molecule has 46 valence electrons. The lowest BCUT2D eigenvalue weighted by Crippen LogP contribution is -2.48. The van der Waals surface area contributed by atoms with Gasteiger partial charge in [0, 0.05) is 17.8 Å². The van der Waals surface area contributed by atoms with Gasteiger partial charge in [-0.15, -0.1) is 0 Å². The van der Waals surface area contributed by atoms with E-state index in [1.54, 1.807) is 0 Å². The summed E-state index contributed by atoms with van der Waals surface area (Å²) in [5.41, 5.74) is 0. The van der Waals surface area contributed by atoms with Crippen molar-refractivity contribution in [3.05, 3.63) is 0 Å². The molecule has 1 fully saturated rings. The molecule has 8 heavy (non-hydrogen) atoms. The molecule has 1 saturated heterocycles. The summed E-state index contributed by atoms with van der Waals surface area (Å²) in [5.74, 6) is 0.191. The highest BCUT2D eigenvalue weighted by Crippen LogP contribution is 2.08. The van der Waals surface area contributed by atoms with Crippen LogP contribution in [0.4, 0.5) is 0 Å². The predicted octanol–water partition coefficient (Wildman–Crippen LogP) is 0.660. The van der Waals surface area contributed by atoms with Crippen LogP contribution < -0.4 is 5.32 Å². The van der Waals surface area contributed by atoms with Crippen molar-refractivity contribution in [2.24, 2.45) is 0 Å². The van der Waals surface area contributed by atoms with Crippen LogP contribution in [0.1, 0.15) is 12.8 Å². The van der Waals surface area contributed by atoms with Crippen LogP contribution in [0.5, 0.6) is 0 Å². The van der Waals surface area contributed by atoms with Crippen molar-refractivity contribution in [1.82, 2.24) is 5.32 Å². The Kier molecular flexibility index (Phi) is 1.89. The number of hydrogen-bond acceptors (Lipinski definition) is 1. The van der Waals surface area contributed by atoms with Gasteiger partial charge in [0.1, 0.15) is 0 Å². The number of rotatable bonds is 2. The second-order valence-electron chi connectivity index (χ2n) is 1.95. The van der Waals surface area contributed by atoms with E-state index in [0.29, 0.717) is 6.04 Å². The molecule has 0 spiro atoms. The van der Waals surface area contributed by atoms with Gasteiger partial charge in [-0.25, -0.2) is 0 Å². The normalized spacial score (nSPS) is 26.6. The van der Waals surface area contributed by atoms with Gasteiger partial charge in [0.05, 0.1) is 0 Å². The van der Waals surface area contributed by atoms with Crippen molar-refractivity contribution < 1.29 is 4.79 Å². The summed E-state index contributed by atoms with van der Waals surface area (Å²) in [4.78, 5) is 10.3. The Bertz CT molecular complexity index is 96.6. The average molecular weight is 178 g/mol. The number of alkyl halides is 1. The summed E-state index contributed by atoms with van der Waals surface area (Å²) >= 11 is 3.29. The fourth-order valence-electron chi connectivity index (χ4n) is 0.736. The van der Waals surface area contributed by atoms with Crippen molar-refractivity contribution >= 4 is 21.8 Å². The lowest BCUT2D eigenvalue weighted by molar-refractivity contribution is -0.128. The molecule has 0 bridgehead atoms. The zero-order valence-corrected chi connectivity index (χ0v) is 6.07. The fraction of sp³-hybridized carbons (Fsp3) is 0.800. The molecule has 1 heterocycles. The first-order valence-corrected chi connectivity index (χ1v) is 3.80. The monoisotopic (exact) mass is 177 g/mol. The first-order chi connectivity index (χ1) is 3.83. The first-order valence-electron chi connectivity index (χ1n) is 2.68. The molecule has 1 amide bonds. The summed E-state index contributed by atoms with van der Waals surface area (Å²) in [5, 5.41) is 3.76. The number of carbonyl (C=O) groups excluding carboxylic acids is 1. The van der Waals surface area contributed by atoms with Crippen molar-refractivity contribution in [3.63, 3.8) is 0 Å². The SMILES string of the molecule is O=C1C[C@@H](CCBr)N1. The van der Waals surface area contributed by atoms with Crippen LogP contribution in [0, 0.1) is 0 Å². The van der Waals surface area contributed by atoms with E-state index in [-0.39, 0.29) is 5.91 Å². The summed E-state index contributed by atoms with van der Waals surface area (Å²) in [6.07, 6.45) is 1.79. The summed E-state index contributed by atoms with van der Waals surface area (Å²) in [6, 6.07) is 0.460. The quantitative estimate of drug-likeness (QED) is 0.488. The van der Waals surface area contributed by atoms with Crippen LogP contribution in [0.25, 0.3) is 0 Å². The topological polar surface area (TPSA) is 29.1 Å². The van der Waals surface area contributed by atoms with Crippen LogP contribution in [0.2, 0.25) is 0 Å². The van der Waals surface area contributed by atoms with E-state index in [4.69, 9.17) is 0 Å². The number of hydrogen-bond donors (Lipinski definition) is 1. The first kappa shape index (κ1) is 6.08. The molecule has 0 aromatic heterocycles. The van der Waals surface area contributed by atoms with Crippen molar-refractivity contribution in [3.8, 4) is 0 Å². The summed E-state index contributed by atoms with van der Waals surface area (Å²) in [6.45, 7) is 0. The Balaban J connectivity index is 2.06. The van der Waals surface area contributed by atoms with E-state index in [9.17, 15) is 4.79 Å². The van der Waals surface area contributed by atoms with E-state index in [0.717, 1.165) is 18.2 Å². The van der Waals surface area contributed by atoms with Crippen LogP contribution in [-0.4, -0.2) is 17.3 Å². The highest BCUT2D eigenvalue weighted by Gasteiger charge is 2.23. The molecule has 1 aliphatic heterocycles. The third-order valence-electron chi connectivity index (χ3n) is 1.25. The second-order valence-corrected chi connectivity index (χ2v) is 2.74. The number of nitrogens with one attached hydrogen (secondary N) is 1. The van der Waals surface area contributed by atoms with Crippen molar-refractivity contribution in [2.45, 2.75) is 18.9 Å². The third-order valence-corrected chi connectivity index (χ3v) is 1.71. The highest BCUT2D eigenvalue weighted by atomic mass is 79.9. The van der Waals surface area contributed by atoms with Crippen LogP contribution in [0.3, 0.4) is 0 Å². The van der Waals surface area contributed by atoms with Gasteiger partial charge >= 0.3 is 0 Å². The Morgan fingerprint density at radius 3 is 2.88 bits per heavy atom. The van der Waals surface area contributed by atoms with Gasteiger partial charge < -0.3 is 5.32 Å². The molecule has 0 aliphatic carbocycles. The minimum atomic E-state index is 0.191. The maximum atomic E-state index is 10.3. The van der Waals surface area contributed by atoms with E-state index in [2.05, 4.69) is 21.2 Å². The lowest BCUT2D eigenvalue weighted by Gasteiger charge is -2.25. The zero-order chi connectivity index (χ0) is 5.98. The number of β-lactam (4-membered cyclic amide) rings is 1. The van der Waals surface area contributed by atoms with Gasteiger partial charge in [-0.05, 0) is 6.42 Å². The van der Waals surface area contributed by atoms with E-state index >= 15 is 0 Å². The average Bonchev–Trinajstić information content (AvgIpc) is 1.64. The molecule has 0 aromatic carbocycles. The van der Waals surface area contributed by atoms with Gasteiger partial charge in [0.15, 0.2) is 0 Å². The second kappa shape index (κ2) is 2.49. The van der Waals surface area contributed by atoms with Gasteiger partial charge in [0.2, 0.25) is 5.91 Å². The maximum absolute atomic E-state index is 10.3. The smallest absolute Gasteiger partial charge is 0.222 e. The summed E-state index contributed by atoms with van der Waals surface area (Å²) < 4.78 is 0. The highest BCUT2D eigenvalue weighted by molar-refractivity contribution is 9.09. The van der Waals surface area contributed by atoms with Crippen molar-refractivity contribution in [1.29, 1.82) is 0 Å². The van der Waals surface area contributed by atoms with E-state index in [1.807, 2.05) is 0 Å². The predicted molar refractivity (Wildman–Crippen MR) is 35.0 cm³/mol. The molecule has 0 saturated carbocycles. The van der Waals surface area contributed by atoms with Crippen LogP contribution in [-0.2, 0) is 4.79 Å². The number of carbonyl (C=O) groups is 1. The molecule has 0 unspecified atom stereocenters. The van der Waals surface area contributed by atoms with E-state index in [1.165, 1.54) is 0 Å². The molecule has 0 aromatic rings. The standard InChI is InChI=1S/C5H8BrNO/c6-2-1-4-3-5(8)7-4/h4H,1-3H2,(H,7,8)/t4-/m1/s1. The Labute approximate surface area is 56.8 Å². The third kappa shape index (κ3) is 1.22. The summed E-state index contributed by atoms with van der Waals surface area (Å²) in [7, 11) is 0. The fourth-order valence-corrected chi connectivity index (χ4v) is 1.29. The minimum Gasteiger partial charge on any atom is -0.353 e. The Morgan fingerprint density at radius 2 is 2.50 bits per heavy atom. The van der Waals surface area contributed by atoms with E-state index < -0.39 is 0 Å². The van der Waals surface area contributed by atoms with Crippen molar-refractivity contribution in [2.75, 3.05) is 5.33 Å². The molecular formula is C5H8BrNO. The molecule has 1 rings (SSSR count). The molecule has 0 radical (unpaired) electrons. The molecule has 2 nitrogen and oxygen atoms in total. The van der Waals surface area contributed by atoms with Gasteiger partial charge in [0.25, 0.3) is 0 Å². The lowest BCUT2D eigenvalue weighted by atomic mass is 10.0. The zero-order valence-electron chi connectivity index (χ0n) is 4.48. The van der Waals surface area contributed by atoms with Gasteiger partial charge in [-0.1, -0.05) is 15.9 Å². The van der Waals surface area contributed by atoms with Gasteiger partial charge in [-0.2, -0.15) is 0 Å². The van der Waals surface area contributed by atoms with Crippen LogP contribution >= 0.6 is 15.9 Å². The molecule has 3 heteroatoms. The molecule has 1 atom stereocenters. The molecule has 1 aliphatic rings. The maximum Gasteiger partial charge on any atom is 0.222 e.